The number of rotatable bonds is 7. The van der Waals surface area contributed by atoms with Gasteiger partial charge in [0.05, 0.1) is 65.3 Å². The first-order chi connectivity index (χ1) is 48.6. The number of cyclic esters (lactones) is 1. The van der Waals surface area contributed by atoms with Crippen LogP contribution in [0.2, 0.25) is 0 Å². The molecule has 17 atom stereocenters. The van der Waals surface area contributed by atoms with Crippen LogP contribution >= 0.6 is 69.3 Å². The number of allylic oxidation sites excluding steroid dienone is 1. The molecule has 0 aromatic carbocycles. The number of thiazole rings is 4. The van der Waals surface area contributed by atoms with Crippen LogP contribution in [0.1, 0.15) is 198 Å². The number of primary amides is 1. The van der Waals surface area contributed by atoms with Gasteiger partial charge in [0.1, 0.15) is 112 Å². The van der Waals surface area contributed by atoms with E-state index in [9.17, 15) is 63.9 Å². The Morgan fingerprint density at radius 3 is 2.15 bits per heavy atom. The molecule has 0 radical (unpaired) electrons. The topological polar surface area (TPSA) is 487 Å². The fourth-order valence-electron chi connectivity index (χ4n) is 11.9. The van der Waals surface area contributed by atoms with Gasteiger partial charge in [0.25, 0.3) is 17.7 Å². The van der Waals surface area contributed by atoms with E-state index in [2.05, 4.69) is 74.7 Å². The summed E-state index contributed by atoms with van der Waals surface area (Å²) in [5, 5.41) is 93.4. The first-order valence-corrected chi connectivity index (χ1v) is 37.6. The molecule has 5 aliphatic rings. The fourth-order valence-corrected chi connectivity index (χ4v) is 17.2. The SMILES string of the molecule is C=C1NC(=O)[C@@H](C)NC(=O)[C@H](C(C)C)N[C@@H]2C=Cc3c([C@@H](C)O)cc(nc3[C@H]2O)C(=O)O[C@H](C)[C@H]2NC(=S)c3csc(n3)[C@H]([C@@](C)(O)[C@H](C)O)NC(=O)[C@@H]3CSC(=N3)C(=CC)NC(=O)[C@H]([C@H](C)O)NC(=O)c3csc(n3)[C@]3(CC[C@H](c4nc(C(N)=O)cs4)N[C@@H]3c3csc2n3)NC(=O)[C@H](C)NC1=O. The van der Waals surface area contributed by atoms with E-state index in [1.807, 2.05) is 0 Å². The highest BCUT2D eigenvalue weighted by Gasteiger charge is 2.52. The van der Waals surface area contributed by atoms with E-state index in [0.717, 1.165) is 57.1 Å². The zero-order valence-electron chi connectivity index (χ0n) is 57.2. The molecule has 5 aromatic rings. The molecule has 550 valence electrons. The van der Waals surface area contributed by atoms with Crippen LogP contribution in [-0.4, -0.2) is 180 Å². The van der Waals surface area contributed by atoms with Gasteiger partial charge in [0, 0.05) is 32.8 Å². The molecule has 103 heavy (non-hydrogen) atoms. The minimum Gasteiger partial charge on any atom is -0.455 e. The zero-order chi connectivity index (χ0) is 75.0. The molecule has 8 amide bonds. The van der Waals surface area contributed by atoms with Crippen LogP contribution in [0.3, 0.4) is 0 Å². The van der Waals surface area contributed by atoms with Crippen LogP contribution in [0.4, 0.5) is 0 Å². The van der Waals surface area contributed by atoms with Crippen LogP contribution < -0.4 is 58.9 Å². The van der Waals surface area contributed by atoms with Crippen molar-refractivity contribution in [3.8, 4) is 0 Å². The predicted molar refractivity (Wildman–Crippen MR) is 386 cm³/mol. The summed E-state index contributed by atoms with van der Waals surface area (Å²) < 4.78 is 6.33. The third kappa shape index (κ3) is 16.5. The van der Waals surface area contributed by atoms with Crippen molar-refractivity contribution in [2.75, 3.05) is 5.75 Å². The van der Waals surface area contributed by atoms with Gasteiger partial charge in [0.2, 0.25) is 29.5 Å². The molecule has 13 bridgehead atoms. The number of pyridine rings is 1. The minimum atomic E-state index is -2.10. The molecular weight excluding hydrogens is 1450 g/mol. The summed E-state index contributed by atoms with van der Waals surface area (Å²) in [6, 6.07) is -11.1. The third-order valence-electron chi connectivity index (χ3n) is 18.1. The number of aromatic nitrogens is 5. The van der Waals surface area contributed by atoms with E-state index >= 15 is 4.79 Å². The van der Waals surface area contributed by atoms with Crippen molar-refractivity contribution >= 4 is 139 Å². The Bertz CT molecular complexity index is 4300. The smallest absolute Gasteiger partial charge is 0.357 e. The number of nitrogens with one attached hydrogen (secondary N) is 10. The van der Waals surface area contributed by atoms with Gasteiger partial charge in [-0.05, 0) is 85.8 Å². The second-order valence-electron chi connectivity index (χ2n) is 26.0. The van der Waals surface area contributed by atoms with E-state index in [0.29, 0.717) is 5.01 Å². The van der Waals surface area contributed by atoms with Crippen LogP contribution in [-0.2, 0) is 39.0 Å². The summed E-state index contributed by atoms with van der Waals surface area (Å²) in [5.74, 6) is -8.30. The number of thiocarbonyl (C=S) groups is 1. The van der Waals surface area contributed by atoms with Crippen molar-refractivity contribution in [2.45, 2.75) is 184 Å². The summed E-state index contributed by atoms with van der Waals surface area (Å²) in [6.07, 6.45) is -2.50. The van der Waals surface area contributed by atoms with Gasteiger partial charge >= 0.3 is 5.97 Å². The number of aliphatic hydroxyl groups excluding tert-OH is 4. The van der Waals surface area contributed by atoms with Crippen molar-refractivity contribution in [2.24, 2.45) is 16.6 Å². The van der Waals surface area contributed by atoms with E-state index in [1.54, 1.807) is 38.3 Å². The number of amides is 8. The monoisotopic (exact) mass is 1530 g/mol. The molecule has 0 spiro atoms. The Labute approximate surface area is 615 Å². The van der Waals surface area contributed by atoms with Crippen molar-refractivity contribution in [3.05, 3.63) is 123 Å². The number of fused-ring (bicyclic) bond motifs is 7. The van der Waals surface area contributed by atoms with Gasteiger partial charge in [-0.15, -0.1) is 57.1 Å². The molecule has 1 fully saturated rings. The van der Waals surface area contributed by atoms with Gasteiger partial charge in [-0.1, -0.05) is 50.9 Å². The van der Waals surface area contributed by atoms with Crippen molar-refractivity contribution in [1.29, 1.82) is 0 Å². The number of carbonyl (C=O) groups excluding carboxylic acids is 9. The van der Waals surface area contributed by atoms with Crippen LogP contribution in [0.15, 0.2) is 62.7 Å². The minimum absolute atomic E-state index is 0.0413. The van der Waals surface area contributed by atoms with Crippen LogP contribution in [0, 0.1) is 5.92 Å². The Morgan fingerprint density at radius 1 is 0.777 bits per heavy atom. The number of thioether (sulfide) groups is 1. The molecule has 1 saturated heterocycles. The zero-order valence-corrected chi connectivity index (χ0v) is 62.1. The molecule has 1 aliphatic carbocycles. The summed E-state index contributed by atoms with van der Waals surface area (Å²) in [5.41, 5.74) is 1.28. The number of nitrogens with zero attached hydrogens (tertiary/aromatic N) is 6. The number of aliphatic hydroxyl groups is 5. The number of hydrogen-bond acceptors (Lipinski definition) is 29. The van der Waals surface area contributed by atoms with Crippen molar-refractivity contribution < 1.29 is 73.4 Å². The van der Waals surface area contributed by atoms with Gasteiger partial charge in [-0.25, -0.2) is 29.7 Å². The molecule has 0 unspecified atom stereocenters. The third-order valence-corrected chi connectivity index (χ3v) is 23.4. The van der Waals surface area contributed by atoms with Crippen LogP contribution in [0.25, 0.3) is 6.08 Å². The maximum Gasteiger partial charge on any atom is 0.357 e. The van der Waals surface area contributed by atoms with E-state index in [1.165, 1.54) is 76.7 Å². The Hall–Kier alpha value is -8.25. The molecule has 10 rings (SSSR count). The molecule has 0 saturated carbocycles. The number of hydrogen-bond donors (Lipinski definition) is 16. The molecular formula is C65H79N17O15S6. The fraction of sp³-hybridized carbons (Fsp3) is 0.477. The van der Waals surface area contributed by atoms with Gasteiger partial charge < -0.3 is 78.5 Å². The Balaban J connectivity index is 1.16. The van der Waals surface area contributed by atoms with E-state index < -0.39 is 167 Å². The maximum atomic E-state index is 15.2. The number of carbonyl (C=O) groups is 9. The molecule has 32 nitrogen and oxygen atoms in total. The second-order valence-corrected chi connectivity index (χ2v) is 31.0. The highest BCUT2D eigenvalue weighted by atomic mass is 32.2. The normalized spacial score (nSPS) is 29.2. The standard InChI is InChI=1S/C65H79N17O15S6/c1-12-33-58-76-39(20-100-58)54(92)81-48(64(11,96)30(10)85)61-77-41(22-102-61)57(98)80-44-29(9)97-62(95)36-17-32(27(7)83)31-13-14-34(46(86)45(31)71-36)70-42(23(2)3)55(93)69-25(5)51(89)67-24(4)50(88)68-26(6)52(90)82-65(63-78-40(21-103-63)53(91)79-43(28(8)84)56(94)73-33)16-15-35(59-75-38(19-99-59)49(66)87)72-47(65)37-18-101-60(44)74-37/h12-14,17-19,21-23,25-30,34-35,39,42-44,46-48,70,72,83-86,96H,4,15-16,20H2,1-3,5-11H3,(H2,66,87)(H,67,89)(H,68,88)(H,69,93)(H,73,94)(H,79,91)(H,80,98)(H,81,92)(H,82,90)/t25-,26+,27-,28+,29-,30+,34-,35-,39+,42+,43+,44-,46+,47-,48-,64+,65-/m1/s1. The lowest BCUT2D eigenvalue weighted by Gasteiger charge is -2.46. The average molecular weight is 1530 g/mol. The summed E-state index contributed by atoms with van der Waals surface area (Å²) in [6.45, 7) is 18.4. The van der Waals surface area contributed by atoms with Gasteiger partial charge in [0.15, 0.2) is 0 Å². The number of piperidine rings is 1. The first kappa shape index (κ1) is 77.4. The second kappa shape index (κ2) is 31.6. The highest BCUT2D eigenvalue weighted by molar-refractivity contribution is 8.14. The van der Waals surface area contributed by atoms with Crippen LogP contribution in [0.5, 0.6) is 0 Å². The lowest BCUT2D eigenvalue weighted by Crippen LogP contribution is -2.61. The first-order valence-electron chi connectivity index (χ1n) is 32.7. The van der Waals surface area contributed by atoms with Crippen molar-refractivity contribution in [1.82, 2.24) is 78.1 Å². The number of nitrogens with two attached hydrogens (primary N) is 1. The Morgan fingerprint density at radius 2 is 1.48 bits per heavy atom. The maximum absolute atomic E-state index is 15.2. The van der Waals surface area contributed by atoms with Gasteiger partial charge in [-0.2, -0.15) is 0 Å². The lowest BCUT2D eigenvalue weighted by atomic mass is 9.78. The quantitative estimate of drug-likeness (QED) is 0.0623. The summed E-state index contributed by atoms with van der Waals surface area (Å²) >= 11 is 11.3. The lowest BCUT2D eigenvalue weighted by molar-refractivity contribution is -0.131. The molecule has 9 heterocycles. The molecule has 17 N–H and O–H groups in total. The number of aliphatic imine (C=N–C) groups is 1. The molecule has 4 aliphatic heterocycles. The summed E-state index contributed by atoms with van der Waals surface area (Å²) in [4.78, 5) is 157. The van der Waals surface area contributed by atoms with Crippen molar-refractivity contribution in [3.63, 3.8) is 0 Å². The number of ether oxygens (including phenoxy) is 1. The van der Waals surface area contributed by atoms with E-state index in [4.69, 9.17) is 37.6 Å². The van der Waals surface area contributed by atoms with E-state index in [-0.39, 0.29) is 94.6 Å². The summed E-state index contributed by atoms with van der Waals surface area (Å²) in [7, 11) is 0. The van der Waals surface area contributed by atoms with Gasteiger partial charge in [-0.3, -0.25) is 54.0 Å². The average Bonchev–Trinajstić information content (AvgIpc) is 1.71. The largest absolute Gasteiger partial charge is 0.455 e. The number of esters is 1. The molecule has 5 aromatic heterocycles. The predicted octanol–water partition coefficient (Wildman–Crippen LogP) is 1.50. The molecule has 38 heteroatoms. The Kier molecular flexibility index (Phi) is 23.7. The highest BCUT2D eigenvalue weighted by Crippen LogP contribution is 2.48.